The highest BCUT2D eigenvalue weighted by atomic mass is 79.9. The number of halogens is 2. The Labute approximate surface area is 184 Å². The van der Waals surface area contributed by atoms with Crippen LogP contribution in [0.1, 0.15) is 0 Å². The van der Waals surface area contributed by atoms with Gasteiger partial charge in [-0.1, -0.05) is 52.0 Å². The number of amides is 1. The van der Waals surface area contributed by atoms with Gasteiger partial charge in [-0.3, -0.25) is 9.36 Å². The number of carbonyl (C=O) groups is 1. The normalized spacial score (nSPS) is 11.0. The molecule has 0 unspecified atom stereocenters. The third kappa shape index (κ3) is 4.31. The lowest BCUT2D eigenvalue weighted by Crippen LogP contribution is -2.15. The van der Waals surface area contributed by atoms with Gasteiger partial charge in [-0.2, -0.15) is 0 Å². The minimum atomic E-state index is -0.510. The molecule has 4 aromatic rings. The highest BCUT2D eigenvalue weighted by molar-refractivity contribution is 9.10. The van der Waals surface area contributed by atoms with Crippen molar-refractivity contribution < 1.29 is 13.6 Å². The summed E-state index contributed by atoms with van der Waals surface area (Å²) in [4.78, 5) is 12.3. The molecule has 2 heterocycles. The van der Waals surface area contributed by atoms with Crippen molar-refractivity contribution in [3.63, 3.8) is 0 Å². The molecule has 2 aromatic heterocycles. The van der Waals surface area contributed by atoms with Crippen molar-refractivity contribution in [3.05, 3.63) is 71.5 Å². The van der Waals surface area contributed by atoms with Crippen LogP contribution in [-0.4, -0.2) is 26.4 Å². The largest absolute Gasteiger partial charge is 0.453 e. The second kappa shape index (κ2) is 8.85. The Kier molecular flexibility index (Phi) is 6.01. The molecule has 0 aliphatic rings. The number of rotatable bonds is 7. The van der Waals surface area contributed by atoms with E-state index in [1.165, 1.54) is 23.9 Å². The number of nitrogens with zero attached hydrogens (tertiary/aromatic N) is 3. The molecule has 1 amide bonds. The Morgan fingerprint density at radius 2 is 2.10 bits per heavy atom. The Morgan fingerprint density at radius 1 is 1.27 bits per heavy atom. The zero-order chi connectivity index (χ0) is 21.1. The molecule has 4 rings (SSSR count). The van der Waals surface area contributed by atoms with Crippen molar-refractivity contribution in [1.82, 2.24) is 14.8 Å². The molecule has 0 saturated heterocycles. The second-order valence-corrected chi connectivity index (χ2v) is 8.17. The summed E-state index contributed by atoms with van der Waals surface area (Å²) in [5.74, 6) is 0.321. The lowest BCUT2D eigenvalue weighted by Gasteiger charge is -2.08. The van der Waals surface area contributed by atoms with Gasteiger partial charge in [0.1, 0.15) is 11.4 Å². The van der Waals surface area contributed by atoms with Crippen LogP contribution in [0, 0.1) is 5.82 Å². The van der Waals surface area contributed by atoms with E-state index >= 15 is 0 Å². The van der Waals surface area contributed by atoms with Crippen molar-refractivity contribution in [3.8, 4) is 11.6 Å². The van der Waals surface area contributed by atoms with Gasteiger partial charge < -0.3 is 9.73 Å². The number of hydrogen-bond donors (Lipinski definition) is 1. The first-order chi connectivity index (χ1) is 14.5. The quantitative estimate of drug-likeness (QED) is 0.275. The number of para-hydroxylation sites is 1. The summed E-state index contributed by atoms with van der Waals surface area (Å²) < 4.78 is 22.2. The van der Waals surface area contributed by atoms with Gasteiger partial charge in [0.05, 0.1) is 11.4 Å². The number of thioether (sulfide) groups is 1. The number of hydrogen-bond acceptors (Lipinski definition) is 5. The van der Waals surface area contributed by atoms with Crippen molar-refractivity contribution in [2.24, 2.45) is 0 Å². The number of allylic oxidation sites excluding steroid dienone is 1. The lowest BCUT2D eigenvalue weighted by atomic mass is 10.2. The Bertz CT molecular complexity index is 1200. The molecule has 0 atom stereocenters. The predicted octanol–water partition coefficient (Wildman–Crippen LogP) is 5.51. The molecular weight excluding hydrogens is 471 g/mol. The molecule has 0 fully saturated rings. The van der Waals surface area contributed by atoms with Crippen LogP contribution in [0.4, 0.5) is 10.1 Å². The van der Waals surface area contributed by atoms with Crippen molar-refractivity contribution in [2.75, 3.05) is 11.1 Å². The Balaban J connectivity index is 1.51. The number of furan rings is 1. The van der Waals surface area contributed by atoms with Crippen LogP contribution in [0.25, 0.3) is 22.6 Å². The first kappa shape index (κ1) is 20.4. The molecule has 0 aliphatic heterocycles. The van der Waals surface area contributed by atoms with Gasteiger partial charge in [-0.25, -0.2) is 4.39 Å². The smallest absolute Gasteiger partial charge is 0.234 e. The standard InChI is InChI=1S/C21H16BrFN4O2S/c1-2-9-27-20(18-10-13-5-3-4-6-17(13)29-18)25-26-21(27)30-12-19(28)24-16-8-7-14(22)11-15(16)23/h2-8,10-11H,1,9,12H2,(H,24,28). The maximum absolute atomic E-state index is 13.9. The molecule has 152 valence electrons. The summed E-state index contributed by atoms with van der Waals surface area (Å²) in [5.41, 5.74) is 0.880. The molecule has 30 heavy (non-hydrogen) atoms. The topological polar surface area (TPSA) is 73.0 Å². The van der Waals surface area contributed by atoms with E-state index in [4.69, 9.17) is 4.42 Å². The summed E-state index contributed by atoms with van der Waals surface area (Å²) in [6, 6.07) is 14.0. The van der Waals surface area contributed by atoms with E-state index in [0.29, 0.717) is 27.8 Å². The highest BCUT2D eigenvalue weighted by Crippen LogP contribution is 2.29. The third-order valence-electron chi connectivity index (χ3n) is 4.21. The molecule has 0 aliphatic carbocycles. The molecule has 2 aromatic carbocycles. The van der Waals surface area contributed by atoms with Crippen LogP contribution >= 0.6 is 27.7 Å². The van der Waals surface area contributed by atoms with E-state index in [1.807, 2.05) is 34.9 Å². The summed E-state index contributed by atoms with van der Waals surface area (Å²) in [7, 11) is 0. The van der Waals surface area contributed by atoms with Gasteiger partial charge in [-0.15, -0.1) is 16.8 Å². The average molecular weight is 487 g/mol. The molecule has 6 nitrogen and oxygen atoms in total. The number of aromatic nitrogens is 3. The van der Waals surface area contributed by atoms with Crippen LogP contribution in [0.15, 0.2) is 75.2 Å². The van der Waals surface area contributed by atoms with Crippen LogP contribution in [0.3, 0.4) is 0 Å². The van der Waals surface area contributed by atoms with Crippen LogP contribution < -0.4 is 5.32 Å². The first-order valence-electron chi connectivity index (χ1n) is 8.96. The van der Waals surface area contributed by atoms with Crippen molar-refractivity contribution in [2.45, 2.75) is 11.7 Å². The summed E-state index contributed by atoms with van der Waals surface area (Å²) >= 11 is 4.39. The van der Waals surface area contributed by atoms with E-state index in [1.54, 1.807) is 12.1 Å². The van der Waals surface area contributed by atoms with Crippen LogP contribution in [0.2, 0.25) is 0 Å². The Morgan fingerprint density at radius 3 is 2.87 bits per heavy atom. The number of fused-ring (bicyclic) bond motifs is 1. The molecule has 1 N–H and O–H groups in total. The van der Waals surface area contributed by atoms with Crippen molar-refractivity contribution in [1.29, 1.82) is 0 Å². The predicted molar refractivity (Wildman–Crippen MR) is 119 cm³/mol. The Hall–Kier alpha value is -2.91. The minimum absolute atomic E-state index is 0.0465. The van der Waals surface area contributed by atoms with Crippen molar-refractivity contribution >= 4 is 50.3 Å². The zero-order valence-corrected chi connectivity index (χ0v) is 18.0. The molecule has 0 saturated carbocycles. The SMILES string of the molecule is C=CCn1c(SCC(=O)Nc2ccc(Br)cc2F)nnc1-c1cc2ccccc2o1. The first-order valence-corrected chi connectivity index (χ1v) is 10.7. The van der Waals surface area contributed by atoms with Crippen LogP contribution in [-0.2, 0) is 11.3 Å². The fourth-order valence-corrected chi connectivity index (χ4v) is 3.95. The molecule has 0 radical (unpaired) electrons. The fraction of sp³-hybridized carbons (Fsp3) is 0.0952. The number of nitrogens with one attached hydrogen (secondary N) is 1. The van der Waals surface area contributed by atoms with Gasteiger partial charge in [-0.05, 0) is 30.3 Å². The fourth-order valence-electron chi connectivity index (χ4n) is 2.87. The zero-order valence-electron chi connectivity index (χ0n) is 15.6. The molecule has 9 heteroatoms. The second-order valence-electron chi connectivity index (χ2n) is 6.31. The van der Waals surface area contributed by atoms with E-state index in [-0.39, 0.29) is 17.3 Å². The van der Waals surface area contributed by atoms with E-state index in [9.17, 15) is 9.18 Å². The lowest BCUT2D eigenvalue weighted by molar-refractivity contribution is -0.113. The van der Waals surface area contributed by atoms with Gasteiger partial charge in [0, 0.05) is 16.4 Å². The molecule has 0 spiro atoms. The van der Waals surface area contributed by atoms with Gasteiger partial charge >= 0.3 is 0 Å². The van der Waals surface area contributed by atoms with Gasteiger partial charge in [0.2, 0.25) is 11.7 Å². The van der Waals surface area contributed by atoms with Gasteiger partial charge in [0.15, 0.2) is 10.9 Å². The maximum atomic E-state index is 13.9. The number of benzene rings is 2. The molecular formula is C21H16BrFN4O2S. The molecule has 0 bridgehead atoms. The average Bonchev–Trinajstić information content (AvgIpc) is 3.32. The summed E-state index contributed by atoms with van der Waals surface area (Å²) in [6.07, 6.45) is 1.72. The number of anilines is 1. The summed E-state index contributed by atoms with van der Waals surface area (Å²) in [5, 5.41) is 12.5. The monoisotopic (exact) mass is 486 g/mol. The highest BCUT2D eigenvalue weighted by Gasteiger charge is 2.18. The third-order valence-corrected chi connectivity index (χ3v) is 5.67. The maximum Gasteiger partial charge on any atom is 0.234 e. The van der Waals surface area contributed by atoms with Gasteiger partial charge in [0.25, 0.3) is 0 Å². The minimum Gasteiger partial charge on any atom is -0.453 e. The van der Waals surface area contributed by atoms with E-state index < -0.39 is 5.82 Å². The summed E-state index contributed by atoms with van der Waals surface area (Å²) in [6.45, 7) is 4.23. The number of carbonyl (C=O) groups excluding carboxylic acids is 1. The van der Waals surface area contributed by atoms with Crippen LogP contribution in [0.5, 0.6) is 0 Å². The van der Waals surface area contributed by atoms with E-state index in [2.05, 4.69) is 38.0 Å². The van der Waals surface area contributed by atoms with E-state index in [0.717, 1.165) is 11.0 Å².